The summed E-state index contributed by atoms with van der Waals surface area (Å²) in [5.74, 6) is 0.891. The highest BCUT2D eigenvalue weighted by Gasteiger charge is 2.20. The smallest absolute Gasteiger partial charge is 0.229 e. The Balaban J connectivity index is 1.81. The summed E-state index contributed by atoms with van der Waals surface area (Å²) in [7, 11) is 4.10. The highest BCUT2D eigenvalue weighted by Crippen LogP contribution is 2.34. The van der Waals surface area contributed by atoms with E-state index in [2.05, 4.69) is 17.0 Å². The number of nitrogens with zero attached hydrogens (tertiary/aromatic N) is 3. The maximum Gasteiger partial charge on any atom is 0.229 e. The normalized spacial score (nSPS) is 11.2. The predicted octanol–water partition coefficient (Wildman–Crippen LogP) is 4.61. The topological polar surface area (TPSA) is 45.7 Å². The second kappa shape index (κ2) is 10.4. The molecule has 5 nitrogen and oxygen atoms in total. The van der Waals surface area contributed by atoms with E-state index in [4.69, 9.17) is 9.72 Å². The summed E-state index contributed by atoms with van der Waals surface area (Å²) >= 11 is 1.55. The van der Waals surface area contributed by atoms with Gasteiger partial charge in [0.1, 0.15) is 11.3 Å². The van der Waals surface area contributed by atoms with Gasteiger partial charge in [-0.1, -0.05) is 47.7 Å². The lowest BCUT2D eigenvalue weighted by Gasteiger charge is -2.21. The van der Waals surface area contributed by atoms with Crippen molar-refractivity contribution in [3.05, 3.63) is 54.1 Å². The van der Waals surface area contributed by atoms with Gasteiger partial charge in [0.25, 0.3) is 0 Å². The van der Waals surface area contributed by atoms with E-state index in [-0.39, 0.29) is 5.91 Å². The molecule has 3 aromatic rings. The molecule has 0 saturated heterocycles. The third-order valence-corrected chi connectivity index (χ3v) is 5.70. The number of carbonyl (C=O) groups excluding carboxylic acids is 1. The highest BCUT2D eigenvalue weighted by molar-refractivity contribution is 7.22. The van der Waals surface area contributed by atoms with Crippen molar-refractivity contribution >= 4 is 32.6 Å². The number of hydrogen-bond donors (Lipinski definition) is 0. The molecule has 0 bridgehead atoms. The summed E-state index contributed by atoms with van der Waals surface area (Å²) in [6.45, 7) is 4.15. The first-order chi connectivity index (χ1) is 14.1. The fourth-order valence-electron chi connectivity index (χ4n) is 3.20. The zero-order valence-electron chi connectivity index (χ0n) is 17.4. The molecule has 0 saturated carbocycles. The molecule has 154 valence electrons. The van der Waals surface area contributed by atoms with E-state index in [9.17, 15) is 4.79 Å². The number of fused-ring (bicyclic) bond motifs is 1. The van der Waals surface area contributed by atoms with Gasteiger partial charge in [-0.05, 0) is 58.1 Å². The van der Waals surface area contributed by atoms with E-state index in [0.29, 0.717) is 19.6 Å². The molecule has 0 radical (unpaired) electrons. The van der Waals surface area contributed by atoms with E-state index < -0.39 is 0 Å². The van der Waals surface area contributed by atoms with E-state index in [1.807, 2.05) is 62.3 Å². The molecule has 0 atom stereocenters. The Kier molecular flexibility index (Phi) is 7.61. The molecule has 29 heavy (non-hydrogen) atoms. The number of aromatic nitrogens is 1. The van der Waals surface area contributed by atoms with Crippen LogP contribution in [-0.2, 0) is 11.2 Å². The summed E-state index contributed by atoms with van der Waals surface area (Å²) in [4.78, 5) is 21.9. The van der Waals surface area contributed by atoms with Crippen LogP contribution >= 0.6 is 11.3 Å². The summed E-state index contributed by atoms with van der Waals surface area (Å²) in [6, 6.07) is 16.1. The van der Waals surface area contributed by atoms with Crippen LogP contribution in [0.25, 0.3) is 10.2 Å². The Morgan fingerprint density at radius 3 is 2.59 bits per heavy atom. The molecule has 0 fully saturated rings. The number of para-hydroxylation sites is 1. The SMILES string of the molecule is CCOc1cccc2sc(N(CCCN(C)C)C(=O)CCc3ccccc3)nc12. The average molecular weight is 412 g/mol. The zero-order valence-corrected chi connectivity index (χ0v) is 18.2. The summed E-state index contributed by atoms with van der Waals surface area (Å²) < 4.78 is 6.77. The molecule has 0 aliphatic rings. The van der Waals surface area contributed by atoms with Crippen molar-refractivity contribution in [1.29, 1.82) is 0 Å². The number of thiazole rings is 1. The summed E-state index contributed by atoms with van der Waals surface area (Å²) in [5.41, 5.74) is 2.01. The molecule has 1 amide bonds. The minimum absolute atomic E-state index is 0.115. The maximum absolute atomic E-state index is 13.1. The van der Waals surface area contributed by atoms with Gasteiger partial charge in [0.05, 0.1) is 11.3 Å². The number of benzene rings is 2. The van der Waals surface area contributed by atoms with Gasteiger partial charge in [0, 0.05) is 13.0 Å². The van der Waals surface area contributed by atoms with E-state index >= 15 is 0 Å². The standard InChI is InChI=1S/C23H29N3O2S/c1-4-28-19-12-8-13-20-22(19)24-23(29-20)26(17-9-16-25(2)3)21(27)15-14-18-10-6-5-7-11-18/h5-8,10-13H,4,9,14-17H2,1-3H3. The van der Waals surface area contributed by atoms with Gasteiger partial charge in [-0.25, -0.2) is 4.98 Å². The van der Waals surface area contributed by atoms with Crippen LogP contribution in [0.4, 0.5) is 5.13 Å². The Morgan fingerprint density at radius 2 is 1.86 bits per heavy atom. The minimum Gasteiger partial charge on any atom is -0.492 e. The van der Waals surface area contributed by atoms with Crippen molar-refractivity contribution < 1.29 is 9.53 Å². The van der Waals surface area contributed by atoms with Gasteiger partial charge < -0.3 is 9.64 Å². The number of ether oxygens (including phenoxy) is 1. The number of amides is 1. The third-order valence-electron chi connectivity index (χ3n) is 4.66. The number of carbonyl (C=O) groups is 1. The van der Waals surface area contributed by atoms with Crippen molar-refractivity contribution in [1.82, 2.24) is 9.88 Å². The molecule has 1 heterocycles. The summed E-state index contributed by atoms with van der Waals surface area (Å²) in [5, 5.41) is 0.754. The summed E-state index contributed by atoms with van der Waals surface area (Å²) in [6.07, 6.45) is 2.11. The fourth-order valence-corrected chi connectivity index (χ4v) is 4.23. The van der Waals surface area contributed by atoms with Gasteiger partial charge in [0.2, 0.25) is 5.91 Å². The highest BCUT2D eigenvalue weighted by atomic mass is 32.1. The number of hydrogen-bond acceptors (Lipinski definition) is 5. The average Bonchev–Trinajstić information content (AvgIpc) is 3.15. The predicted molar refractivity (Wildman–Crippen MR) is 121 cm³/mol. The Labute approximate surface area is 176 Å². The van der Waals surface area contributed by atoms with Crippen LogP contribution in [0.15, 0.2) is 48.5 Å². The van der Waals surface area contributed by atoms with E-state index in [0.717, 1.165) is 40.5 Å². The van der Waals surface area contributed by atoms with Crippen LogP contribution in [0.2, 0.25) is 0 Å². The second-order valence-electron chi connectivity index (χ2n) is 7.22. The molecule has 0 aliphatic carbocycles. The monoisotopic (exact) mass is 411 g/mol. The van der Waals surface area contributed by atoms with Gasteiger partial charge in [-0.3, -0.25) is 9.69 Å². The largest absolute Gasteiger partial charge is 0.492 e. The first-order valence-electron chi connectivity index (χ1n) is 10.1. The molecule has 1 aromatic heterocycles. The fraction of sp³-hybridized carbons (Fsp3) is 0.391. The molecule has 2 aromatic carbocycles. The second-order valence-corrected chi connectivity index (χ2v) is 8.23. The number of rotatable bonds is 10. The van der Waals surface area contributed by atoms with Crippen LogP contribution in [0, 0.1) is 0 Å². The molecular formula is C23H29N3O2S. The minimum atomic E-state index is 0.115. The lowest BCUT2D eigenvalue weighted by atomic mass is 10.1. The van der Waals surface area contributed by atoms with Crippen LogP contribution < -0.4 is 9.64 Å². The van der Waals surface area contributed by atoms with Crippen LogP contribution in [-0.4, -0.2) is 49.6 Å². The molecule has 6 heteroatoms. The van der Waals surface area contributed by atoms with Crippen molar-refractivity contribution in [3.63, 3.8) is 0 Å². The van der Waals surface area contributed by atoms with Gasteiger partial charge in [-0.2, -0.15) is 0 Å². The van der Waals surface area contributed by atoms with Gasteiger partial charge in [-0.15, -0.1) is 0 Å². The number of aryl methyl sites for hydroxylation is 1. The van der Waals surface area contributed by atoms with E-state index in [1.54, 1.807) is 11.3 Å². The van der Waals surface area contributed by atoms with Crippen LogP contribution in [0.5, 0.6) is 5.75 Å². The first kappa shape index (κ1) is 21.3. The first-order valence-corrected chi connectivity index (χ1v) is 10.9. The zero-order chi connectivity index (χ0) is 20.6. The third kappa shape index (κ3) is 5.78. The Morgan fingerprint density at radius 1 is 1.07 bits per heavy atom. The van der Waals surface area contributed by atoms with Gasteiger partial charge >= 0.3 is 0 Å². The molecule has 0 aliphatic heterocycles. The van der Waals surface area contributed by atoms with Crippen molar-refractivity contribution in [2.24, 2.45) is 0 Å². The molecule has 0 N–H and O–H groups in total. The lowest BCUT2D eigenvalue weighted by molar-refractivity contribution is -0.118. The van der Waals surface area contributed by atoms with Crippen molar-refractivity contribution in [3.8, 4) is 5.75 Å². The Bertz CT molecular complexity index is 924. The quantitative estimate of drug-likeness (QED) is 0.489. The van der Waals surface area contributed by atoms with Crippen molar-refractivity contribution in [2.45, 2.75) is 26.2 Å². The maximum atomic E-state index is 13.1. The number of anilines is 1. The van der Waals surface area contributed by atoms with E-state index in [1.165, 1.54) is 5.56 Å². The van der Waals surface area contributed by atoms with Gasteiger partial charge in [0.15, 0.2) is 5.13 Å². The molecular weight excluding hydrogens is 382 g/mol. The molecule has 0 spiro atoms. The van der Waals surface area contributed by atoms with Crippen LogP contribution in [0.1, 0.15) is 25.3 Å². The molecule has 0 unspecified atom stereocenters. The molecule has 3 rings (SSSR count). The van der Waals surface area contributed by atoms with Crippen molar-refractivity contribution in [2.75, 3.05) is 38.7 Å². The Hall–Kier alpha value is -2.44. The van der Waals surface area contributed by atoms with Crippen LogP contribution in [0.3, 0.4) is 0 Å². The lowest BCUT2D eigenvalue weighted by Crippen LogP contribution is -2.33.